The van der Waals surface area contributed by atoms with Crippen LogP contribution in [0, 0.1) is 0 Å². The fourth-order valence-electron chi connectivity index (χ4n) is 2.30. The van der Waals surface area contributed by atoms with Gasteiger partial charge in [-0.3, -0.25) is 0 Å². The van der Waals surface area contributed by atoms with Crippen molar-refractivity contribution in [3.8, 4) is 0 Å². The van der Waals surface area contributed by atoms with E-state index in [1.165, 1.54) is 7.05 Å². The molecule has 19 heavy (non-hydrogen) atoms. The number of nitrogens with one attached hydrogen (secondary N) is 3. The second-order valence-corrected chi connectivity index (χ2v) is 6.75. The highest BCUT2D eigenvalue weighted by Crippen LogP contribution is 2.18. The van der Waals surface area contributed by atoms with Gasteiger partial charge < -0.3 is 10.6 Å². The van der Waals surface area contributed by atoms with Gasteiger partial charge in [-0.25, -0.2) is 13.1 Å². The Balaban J connectivity index is 2.06. The van der Waals surface area contributed by atoms with Crippen molar-refractivity contribution in [3.63, 3.8) is 0 Å². The molecule has 3 N–H and O–H groups in total. The highest BCUT2D eigenvalue weighted by Gasteiger charge is 2.20. The lowest BCUT2D eigenvalue weighted by atomic mass is 9.99. The van der Waals surface area contributed by atoms with Gasteiger partial charge in [-0.1, -0.05) is 0 Å². The van der Waals surface area contributed by atoms with Crippen LogP contribution in [-0.4, -0.2) is 34.1 Å². The summed E-state index contributed by atoms with van der Waals surface area (Å²) in [5.74, 6) is 0. The minimum absolute atomic E-state index is 0.287. The molecule has 0 spiro atoms. The summed E-state index contributed by atoms with van der Waals surface area (Å²) in [7, 11) is -1.94. The third-order valence-corrected chi connectivity index (χ3v) is 4.98. The summed E-state index contributed by atoms with van der Waals surface area (Å²) in [6.45, 7) is 3.23. The summed E-state index contributed by atoms with van der Waals surface area (Å²) in [6.07, 6.45) is 2.29. The van der Waals surface area contributed by atoms with E-state index in [4.69, 9.17) is 0 Å². The maximum atomic E-state index is 11.6. The topological polar surface area (TPSA) is 70.2 Å². The molecule has 1 aromatic carbocycles. The minimum Gasteiger partial charge on any atom is -0.381 e. The zero-order valence-corrected chi connectivity index (χ0v) is 12.1. The van der Waals surface area contributed by atoms with E-state index in [1.54, 1.807) is 12.1 Å². The van der Waals surface area contributed by atoms with Gasteiger partial charge in [0.1, 0.15) is 0 Å². The molecule has 0 radical (unpaired) electrons. The lowest BCUT2D eigenvalue weighted by molar-refractivity contribution is 0.389. The van der Waals surface area contributed by atoms with Crippen molar-refractivity contribution >= 4 is 15.7 Å². The minimum atomic E-state index is -3.35. The van der Waals surface area contributed by atoms with Crippen LogP contribution >= 0.6 is 0 Å². The molecule has 6 heteroatoms. The molecule has 1 heterocycles. The van der Waals surface area contributed by atoms with Gasteiger partial charge in [-0.15, -0.1) is 0 Å². The molecule has 1 aliphatic rings. The number of hydrogen-bond donors (Lipinski definition) is 3. The Labute approximate surface area is 114 Å². The molecule has 106 valence electrons. The van der Waals surface area contributed by atoms with Crippen molar-refractivity contribution in [2.75, 3.05) is 18.9 Å². The number of anilines is 1. The Morgan fingerprint density at radius 3 is 2.53 bits per heavy atom. The van der Waals surface area contributed by atoms with Crippen molar-refractivity contribution in [1.82, 2.24) is 10.0 Å². The first-order valence-electron chi connectivity index (χ1n) is 6.56. The molecule has 0 amide bonds. The van der Waals surface area contributed by atoms with Crippen molar-refractivity contribution in [1.29, 1.82) is 0 Å². The molecule has 1 aliphatic heterocycles. The van der Waals surface area contributed by atoms with Gasteiger partial charge in [0.05, 0.1) is 4.90 Å². The van der Waals surface area contributed by atoms with Crippen LogP contribution < -0.4 is 15.4 Å². The first-order chi connectivity index (χ1) is 9.03. The van der Waals surface area contributed by atoms with Crippen LogP contribution in [0.15, 0.2) is 29.2 Å². The Bertz CT molecular complexity index is 513. The van der Waals surface area contributed by atoms with Crippen LogP contribution in [0.3, 0.4) is 0 Å². The van der Waals surface area contributed by atoms with E-state index in [-0.39, 0.29) is 4.90 Å². The molecular weight excluding hydrogens is 262 g/mol. The SMILES string of the molecule is CNS(=O)(=O)c1ccc(NC2CCCNC2C)cc1. The third kappa shape index (κ3) is 3.46. The fourth-order valence-corrected chi connectivity index (χ4v) is 3.03. The largest absolute Gasteiger partial charge is 0.381 e. The molecule has 0 bridgehead atoms. The lowest BCUT2D eigenvalue weighted by Gasteiger charge is -2.31. The Morgan fingerprint density at radius 2 is 1.95 bits per heavy atom. The maximum Gasteiger partial charge on any atom is 0.240 e. The quantitative estimate of drug-likeness (QED) is 0.775. The second-order valence-electron chi connectivity index (χ2n) is 4.87. The summed E-state index contributed by atoms with van der Waals surface area (Å²) >= 11 is 0. The van der Waals surface area contributed by atoms with Crippen molar-refractivity contribution in [2.45, 2.75) is 36.7 Å². The summed E-state index contributed by atoms with van der Waals surface area (Å²) < 4.78 is 25.5. The van der Waals surface area contributed by atoms with Gasteiger partial charge >= 0.3 is 0 Å². The molecule has 2 unspecified atom stereocenters. The molecule has 1 fully saturated rings. The molecule has 0 aliphatic carbocycles. The third-order valence-electron chi connectivity index (χ3n) is 3.55. The number of piperidine rings is 1. The van der Waals surface area contributed by atoms with Crippen molar-refractivity contribution < 1.29 is 8.42 Å². The normalized spacial score (nSPS) is 24.1. The van der Waals surface area contributed by atoms with Gasteiger partial charge in [-0.05, 0) is 57.6 Å². The average molecular weight is 283 g/mol. The predicted octanol–water partition coefficient (Wildman–Crippen LogP) is 1.15. The van der Waals surface area contributed by atoms with Gasteiger partial charge in [0.15, 0.2) is 0 Å². The lowest BCUT2D eigenvalue weighted by Crippen LogP contribution is -2.46. The van der Waals surface area contributed by atoms with E-state index in [0.717, 1.165) is 25.1 Å². The Morgan fingerprint density at radius 1 is 1.26 bits per heavy atom. The van der Waals surface area contributed by atoms with Crippen LogP contribution in [-0.2, 0) is 10.0 Å². The van der Waals surface area contributed by atoms with Crippen LogP contribution in [0.25, 0.3) is 0 Å². The molecule has 1 saturated heterocycles. The van der Waals surface area contributed by atoms with Crippen LogP contribution in [0.4, 0.5) is 5.69 Å². The molecule has 2 rings (SSSR count). The molecule has 2 atom stereocenters. The van der Waals surface area contributed by atoms with E-state index >= 15 is 0 Å². The van der Waals surface area contributed by atoms with Gasteiger partial charge in [0.2, 0.25) is 10.0 Å². The van der Waals surface area contributed by atoms with Gasteiger partial charge in [0.25, 0.3) is 0 Å². The second kappa shape index (κ2) is 5.90. The van der Waals surface area contributed by atoms with Crippen molar-refractivity contribution in [2.24, 2.45) is 0 Å². The van der Waals surface area contributed by atoms with Crippen LogP contribution in [0.5, 0.6) is 0 Å². The zero-order valence-electron chi connectivity index (χ0n) is 11.3. The van der Waals surface area contributed by atoms with Crippen LogP contribution in [0.2, 0.25) is 0 Å². The average Bonchev–Trinajstić information content (AvgIpc) is 2.42. The summed E-state index contributed by atoms with van der Waals surface area (Å²) in [6, 6.07) is 7.68. The smallest absolute Gasteiger partial charge is 0.240 e. The van der Waals surface area contributed by atoms with E-state index in [2.05, 4.69) is 22.3 Å². The number of sulfonamides is 1. The summed E-state index contributed by atoms with van der Waals surface area (Å²) in [4.78, 5) is 0.287. The summed E-state index contributed by atoms with van der Waals surface area (Å²) in [5.41, 5.74) is 0.954. The number of rotatable bonds is 4. The Kier molecular flexibility index (Phi) is 4.44. The maximum absolute atomic E-state index is 11.6. The van der Waals surface area contributed by atoms with Gasteiger partial charge in [0, 0.05) is 17.8 Å². The highest BCUT2D eigenvalue weighted by molar-refractivity contribution is 7.89. The monoisotopic (exact) mass is 283 g/mol. The fraction of sp³-hybridized carbons (Fsp3) is 0.538. The Hall–Kier alpha value is -1.11. The molecule has 1 aromatic rings. The first-order valence-corrected chi connectivity index (χ1v) is 8.05. The molecular formula is C13H21N3O2S. The zero-order chi connectivity index (χ0) is 13.9. The number of hydrogen-bond acceptors (Lipinski definition) is 4. The summed E-state index contributed by atoms with van der Waals surface area (Å²) in [5, 5.41) is 6.88. The standard InChI is InChI=1S/C13H21N3O2S/c1-10-13(4-3-9-15-10)16-11-5-7-12(8-6-11)19(17,18)14-2/h5-8,10,13-16H,3-4,9H2,1-2H3. The van der Waals surface area contributed by atoms with Gasteiger partial charge in [-0.2, -0.15) is 0 Å². The van der Waals surface area contributed by atoms with E-state index in [0.29, 0.717) is 12.1 Å². The van der Waals surface area contributed by atoms with E-state index < -0.39 is 10.0 Å². The highest BCUT2D eigenvalue weighted by atomic mass is 32.2. The first kappa shape index (κ1) is 14.3. The van der Waals surface area contributed by atoms with E-state index in [9.17, 15) is 8.42 Å². The van der Waals surface area contributed by atoms with Crippen LogP contribution in [0.1, 0.15) is 19.8 Å². The molecule has 5 nitrogen and oxygen atoms in total. The van der Waals surface area contributed by atoms with E-state index in [1.807, 2.05) is 12.1 Å². The number of benzene rings is 1. The predicted molar refractivity (Wildman–Crippen MR) is 76.8 cm³/mol. The molecule has 0 saturated carbocycles. The van der Waals surface area contributed by atoms with Crippen molar-refractivity contribution in [3.05, 3.63) is 24.3 Å². The molecule has 0 aromatic heterocycles.